The lowest BCUT2D eigenvalue weighted by molar-refractivity contribution is -0.145. The minimum Gasteiger partial charge on any atom is -0.464 e. The Morgan fingerprint density at radius 2 is 1.96 bits per heavy atom. The van der Waals surface area contributed by atoms with Gasteiger partial charge in [0.1, 0.15) is 17.2 Å². The molecule has 1 atom stereocenters. The third-order valence-corrected chi connectivity index (χ3v) is 3.91. The van der Waals surface area contributed by atoms with Gasteiger partial charge in [0.2, 0.25) is 5.91 Å². The topological polar surface area (TPSA) is 141 Å². The van der Waals surface area contributed by atoms with Gasteiger partial charge in [-0.25, -0.2) is 9.59 Å². The summed E-state index contributed by atoms with van der Waals surface area (Å²) in [6.45, 7) is 3.97. The standard InChI is InChI=1S/C19H23N3O6/c1-3-21-16(23)8-6-14(19(26)27-4-2)22-17(24)13-10-11-9-12(20)5-7-15(11)28-18(13)25/h5,7,9-10,14H,3-4,6,8,20H2,1-2H3,(H,21,23)(H,22,24). The number of esters is 1. The monoisotopic (exact) mass is 389 g/mol. The number of nitrogen functional groups attached to an aromatic ring is 1. The Hall–Kier alpha value is -3.36. The summed E-state index contributed by atoms with van der Waals surface area (Å²) >= 11 is 0. The number of amides is 2. The molecule has 0 bridgehead atoms. The maximum absolute atomic E-state index is 12.6. The van der Waals surface area contributed by atoms with Crippen LogP contribution in [0, 0.1) is 0 Å². The van der Waals surface area contributed by atoms with Gasteiger partial charge in [-0.15, -0.1) is 0 Å². The Bertz CT molecular complexity index is 937. The summed E-state index contributed by atoms with van der Waals surface area (Å²) < 4.78 is 10.1. The van der Waals surface area contributed by atoms with Crippen molar-refractivity contribution in [1.82, 2.24) is 10.6 Å². The molecule has 0 aliphatic carbocycles. The number of carbonyl (C=O) groups is 3. The van der Waals surface area contributed by atoms with Crippen molar-refractivity contribution in [3.05, 3.63) is 40.2 Å². The van der Waals surface area contributed by atoms with Gasteiger partial charge in [0, 0.05) is 24.0 Å². The van der Waals surface area contributed by atoms with Gasteiger partial charge in [0.25, 0.3) is 5.91 Å². The third-order valence-electron chi connectivity index (χ3n) is 3.91. The van der Waals surface area contributed by atoms with Gasteiger partial charge >= 0.3 is 11.6 Å². The Kier molecular flexibility index (Phi) is 7.14. The highest BCUT2D eigenvalue weighted by atomic mass is 16.5. The molecule has 0 saturated heterocycles. The van der Waals surface area contributed by atoms with E-state index in [1.165, 1.54) is 12.1 Å². The van der Waals surface area contributed by atoms with Crippen LogP contribution in [0.5, 0.6) is 0 Å². The number of nitrogens with one attached hydrogen (secondary N) is 2. The van der Waals surface area contributed by atoms with Crippen LogP contribution in [0.4, 0.5) is 5.69 Å². The summed E-state index contributed by atoms with van der Waals surface area (Å²) in [6.07, 6.45) is 0.0444. The number of rotatable bonds is 8. The first-order valence-electron chi connectivity index (χ1n) is 8.93. The quantitative estimate of drug-likeness (QED) is 0.347. The van der Waals surface area contributed by atoms with Crippen molar-refractivity contribution in [3.8, 4) is 0 Å². The normalized spacial score (nSPS) is 11.6. The fraction of sp³-hybridized carbons (Fsp3) is 0.368. The average molecular weight is 389 g/mol. The minimum atomic E-state index is -1.08. The molecular weight excluding hydrogens is 366 g/mol. The van der Waals surface area contributed by atoms with Gasteiger partial charge in [-0.1, -0.05) is 0 Å². The molecule has 1 heterocycles. The zero-order chi connectivity index (χ0) is 20.7. The fourth-order valence-electron chi connectivity index (χ4n) is 2.59. The molecule has 150 valence electrons. The number of nitrogens with two attached hydrogens (primary N) is 1. The third kappa shape index (κ3) is 5.32. The zero-order valence-electron chi connectivity index (χ0n) is 15.7. The molecule has 28 heavy (non-hydrogen) atoms. The van der Waals surface area contributed by atoms with Crippen LogP contribution in [0.2, 0.25) is 0 Å². The lowest BCUT2D eigenvalue weighted by atomic mass is 10.1. The van der Waals surface area contributed by atoms with Crippen LogP contribution in [0.25, 0.3) is 11.0 Å². The minimum absolute atomic E-state index is 0.0143. The second kappa shape index (κ2) is 9.54. The first kappa shape index (κ1) is 20.9. The number of carbonyl (C=O) groups excluding carboxylic acids is 3. The van der Waals surface area contributed by atoms with Crippen molar-refractivity contribution in [2.45, 2.75) is 32.7 Å². The number of hydrogen-bond acceptors (Lipinski definition) is 7. The molecule has 1 unspecified atom stereocenters. The van der Waals surface area contributed by atoms with Crippen LogP contribution in [0.3, 0.4) is 0 Å². The number of benzene rings is 1. The van der Waals surface area contributed by atoms with Crippen LogP contribution >= 0.6 is 0 Å². The van der Waals surface area contributed by atoms with Gasteiger partial charge in [0.05, 0.1) is 6.61 Å². The second-order valence-electron chi connectivity index (χ2n) is 6.02. The molecule has 2 amide bonds. The van der Waals surface area contributed by atoms with Crippen molar-refractivity contribution < 1.29 is 23.5 Å². The van der Waals surface area contributed by atoms with E-state index in [4.69, 9.17) is 14.9 Å². The van der Waals surface area contributed by atoms with E-state index < -0.39 is 23.5 Å². The summed E-state index contributed by atoms with van der Waals surface area (Å²) in [5.41, 5.74) is 5.33. The van der Waals surface area contributed by atoms with Gasteiger partial charge in [-0.2, -0.15) is 0 Å². The van der Waals surface area contributed by atoms with E-state index in [9.17, 15) is 19.2 Å². The number of hydrogen-bond donors (Lipinski definition) is 3. The van der Waals surface area contributed by atoms with Crippen LogP contribution in [-0.2, 0) is 14.3 Å². The van der Waals surface area contributed by atoms with Gasteiger partial charge in [-0.05, 0) is 44.5 Å². The van der Waals surface area contributed by atoms with E-state index >= 15 is 0 Å². The first-order chi connectivity index (χ1) is 13.3. The number of fused-ring (bicyclic) bond motifs is 1. The highest BCUT2D eigenvalue weighted by Crippen LogP contribution is 2.17. The molecule has 4 N–H and O–H groups in total. The largest absolute Gasteiger partial charge is 0.464 e. The molecule has 0 saturated carbocycles. The number of anilines is 1. The average Bonchev–Trinajstić information content (AvgIpc) is 2.65. The Morgan fingerprint density at radius 3 is 2.64 bits per heavy atom. The van der Waals surface area contributed by atoms with Crippen LogP contribution in [0.1, 0.15) is 37.0 Å². The predicted octanol–water partition coefficient (Wildman–Crippen LogP) is 0.953. The molecular formula is C19H23N3O6. The first-order valence-corrected chi connectivity index (χ1v) is 8.93. The van der Waals surface area contributed by atoms with E-state index in [-0.39, 0.29) is 36.5 Å². The highest BCUT2D eigenvalue weighted by Gasteiger charge is 2.25. The van der Waals surface area contributed by atoms with Gasteiger partial charge < -0.3 is 25.5 Å². The second-order valence-corrected chi connectivity index (χ2v) is 6.02. The molecule has 9 heteroatoms. The van der Waals surface area contributed by atoms with Crippen LogP contribution < -0.4 is 22.0 Å². The molecule has 0 aliphatic rings. The van der Waals surface area contributed by atoms with Gasteiger partial charge in [-0.3, -0.25) is 9.59 Å². The lowest BCUT2D eigenvalue weighted by Crippen LogP contribution is -2.43. The summed E-state index contributed by atoms with van der Waals surface area (Å²) in [7, 11) is 0. The van der Waals surface area contributed by atoms with E-state index in [1.807, 2.05) is 0 Å². The molecule has 1 aromatic heterocycles. The maximum Gasteiger partial charge on any atom is 0.349 e. The molecule has 9 nitrogen and oxygen atoms in total. The maximum atomic E-state index is 12.6. The zero-order valence-corrected chi connectivity index (χ0v) is 15.7. The van der Waals surface area contributed by atoms with Crippen molar-refractivity contribution in [2.75, 3.05) is 18.9 Å². The van der Waals surface area contributed by atoms with Gasteiger partial charge in [0.15, 0.2) is 0 Å². The summed E-state index contributed by atoms with van der Waals surface area (Å²) in [5, 5.41) is 5.53. The van der Waals surface area contributed by atoms with E-state index in [0.29, 0.717) is 17.6 Å². The van der Waals surface area contributed by atoms with Crippen molar-refractivity contribution in [2.24, 2.45) is 0 Å². The highest BCUT2D eigenvalue weighted by molar-refractivity contribution is 5.99. The van der Waals surface area contributed by atoms with Crippen LogP contribution in [0.15, 0.2) is 33.5 Å². The van der Waals surface area contributed by atoms with E-state index in [2.05, 4.69) is 10.6 Å². The Labute approximate surface area is 161 Å². The summed E-state index contributed by atoms with van der Waals surface area (Å²) in [5.74, 6) is -1.74. The van der Waals surface area contributed by atoms with Crippen molar-refractivity contribution in [1.29, 1.82) is 0 Å². The lowest BCUT2D eigenvalue weighted by Gasteiger charge is -2.17. The summed E-state index contributed by atoms with van der Waals surface area (Å²) in [4.78, 5) is 48.5. The van der Waals surface area contributed by atoms with E-state index in [0.717, 1.165) is 0 Å². The molecule has 2 rings (SSSR count). The SMILES string of the molecule is CCNC(=O)CCC(NC(=O)c1cc2cc(N)ccc2oc1=O)C(=O)OCC. The molecule has 0 spiro atoms. The summed E-state index contributed by atoms with van der Waals surface area (Å²) in [6, 6.07) is 4.93. The van der Waals surface area contributed by atoms with Crippen molar-refractivity contribution >= 4 is 34.4 Å². The molecule has 0 aliphatic heterocycles. The van der Waals surface area contributed by atoms with Crippen LogP contribution in [-0.4, -0.2) is 37.0 Å². The molecule has 0 fully saturated rings. The molecule has 0 radical (unpaired) electrons. The smallest absolute Gasteiger partial charge is 0.349 e. The molecule has 2 aromatic rings. The number of ether oxygens (including phenoxy) is 1. The van der Waals surface area contributed by atoms with Crippen molar-refractivity contribution in [3.63, 3.8) is 0 Å². The molecule has 1 aromatic carbocycles. The predicted molar refractivity (Wildman–Crippen MR) is 103 cm³/mol. The Morgan fingerprint density at radius 1 is 1.21 bits per heavy atom. The van der Waals surface area contributed by atoms with E-state index in [1.54, 1.807) is 26.0 Å². The Balaban J connectivity index is 2.22. The fourth-order valence-corrected chi connectivity index (χ4v) is 2.59.